The Bertz CT molecular complexity index is 403. The molecule has 0 saturated carbocycles. The molecule has 2 aliphatic rings. The molecular weight excluding hydrogens is 208 g/mol. The fourth-order valence-corrected chi connectivity index (χ4v) is 2.33. The van der Waals surface area contributed by atoms with Gasteiger partial charge in [0.25, 0.3) is 0 Å². The van der Waals surface area contributed by atoms with Gasteiger partial charge >= 0.3 is 5.97 Å². The van der Waals surface area contributed by atoms with E-state index in [1.165, 1.54) is 0 Å². The summed E-state index contributed by atoms with van der Waals surface area (Å²) in [5.41, 5.74) is 0.917. The maximum Gasteiger partial charge on any atom is 0.309 e. The number of hydrogen-bond donors (Lipinski definition) is 1. The smallest absolute Gasteiger partial charge is 0.309 e. The molecule has 0 aliphatic carbocycles. The molecule has 0 radical (unpaired) electrons. The first-order valence-electron chi connectivity index (χ1n) is 5.33. The van der Waals surface area contributed by atoms with E-state index < -0.39 is 12.2 Å². The van der Waals surface area contributed by atoms with E-state index in [2.05, 4.69) is 0 Å². The average Bonchev–Trinajstić information content (AvgIpc) is 2.79. The second kappa shape index (κ2) is 3.57. The highest BCUT2D eigenvalue weighted by Crippen LogP contribution is 2.39. The Balaban J connectivity index is 1.84. The second-order valence-corrected chi connectivity index (χ2v) is 4.16. The van der Waals surface area contributed by atoms with Crippen LogP contribution in [0.15, 0.2) is 30.3 Å². The summed E-state index contributed by atoms with van der Waals surface area (Å²) < 4.78 is 10.7. The van der Waals surface area contributed by atoms with Crippen molar-refractivity contribution in [2.24, 2.45) is 0 Å². The van der Waals surface area contributed by atoms with Gasteiger partial charge in [0, 0.05) is 0 Å². The Hall–Kier alpha value is -1.39. The highest BCUT2D eigenvalue weighted by atomic mass is 16.6. The van der Waals surface area contributed by atoms with Crippen LogP contribution < -0.4 is 0 Å². The van der Waals surface area contributed by atoms with E-state index in [1.807, 2.05) is 30.3 Å². The highest BCUT2D eigenvalue weighted by molar-refractivity contribution is 5.73. The monoisotopic (exact) mass is 220 g/mol. The highest BCUT2D eigenvalue weighted by Gasteiger charge is 2.51. The van der Waals surface area contributed by atoms with Crippen LogP contribution in [0.2, 0.25) is 0 Å². The second-order valence-electron chi connectivity index (χ2n) is 4.16. The lowest BCUT2D eigenvalue weighted by Crippen LogP contribution is -2.28. The van der Waals surface area contributed by atoms with Crippen molar-refractivity contribution in [3.05, 3.63) is 35.9 Å². The summed E-state index contributed by atoms with van der Waals surface area (Å²) in [6.07, 6.45) is -1.71. The molecule has 1 aromatic carbocycles. The van der Waals surface area contributed by atoms with Crippen LogP contribution in [-0.4, -0.2) is 29.4 Å². The van der Waals surface area contributed by atoms with Crippen molar-refractivity contribution < 1.29 is 19.4 Å². The number of carbonyl (C=O) groups excluding carboxylic acids is 1. The van der Waals surface area contributed by atoms with Crippen molar-refractivity contribution in [2.45, 2.75) is 30.8 Å². The molecule has 84 valence electrons. The Morgan fingerprint density at radius 3 is 2.69 bits per heavy atom. The number of ether oxygens (including phenoxy) is 2. The molecule has 4 heteroatoms. The largest absolute Gasteiger partial charge is 0.457 e. The van der Waals surface area contributed by atoms with Crippen LogP contribution in [0.4, 0.5) is 0 Å². The third-order valence-electron chi connectivity index (χ3n) is 3.10. The van der Waals surface area contributed by atoms with Gasteiger partial charge in [-0.3, -0.25) is 4.79 Å². The van der Waals surface area contributed by atoms with Crippen LogP contribution in [0.25, 0.3) is 0 Å². The molecule has 0 spiro atoms. The summed E-state index contributed by atoms with van der Waals surface area (Å²) in [5, 5.41) is 10.0. The quantitative estimate of drug-likeness (QED) is 0.711. The van der Waals surface area contributed by atoms with Gasteiger partial charge in [-0.25, -0.2) is 0 Å². The van der Waals surface area contributed by atoms with Crippen LogP contribution in [0.5, 0.6) is 0 Å². The Labute approximate surface area is 92.8 Å². The summed E-state index contributed by atoms with van der Waals surface area (Å²) in [6.45, 7) is 0. The van der Waals surface area contributed by atoms with E-state index in [4.69, 9.17) is 9.47 Å². The molecule has 2 heterocycles. The minimum absolute atomic E-state index is 0.241. The molecule has 2 fully saturated rings. The number of esters is 1. The third kappa shape index (κ3) is 1.42. The molecule has 4 atom stereocenters. The predicted molar refractivity (Wildman–Crippen MR) is 54.6 cm³/mol. The molecule has 0 amide bonds. The Morgan fingerprint density at radius 2 is 2.00 bits per heavy atom. The van der Waals surface area contributed by atoms with Crippen molar-refractivity contribution in [3.63, 3.8) is 0 Å². The van der Waals surface area contributed by atoms with Crippen LogP contribution in [0.3, 0.4) is 0 Å². The fourth-order valence-electron chi connectivity index (χ4n) is 2.33. The first kappa shape index (κ1) is 9.81. The van der Waals surface area contributed by atoms with Crippen LogP contribution in [-0.2, 0) is 14.3 Å². The van der Waals surface area contributed by atoms with Gasteiger partial charge in [0.05, 0.1) is 6.42 Å². The van der Waals surface area contributed by atoms with Crippen molar-refractivity contribution in [2.75, 3.05) is 0 Å². The molecular formula is C12H12O4. The summed E-state index contributed by atoms with van der Waals surface area (Å²) in [7, 11) is 0. The van der Waals surface area contributed by atoms with Gasteiger partial charge in [0.1, 0.15) is 18.3 Å². The fraction of sp³-hybridized carbons (Fsp3) is 0.417. The Kier molecular flexibility index (Phi) is 2.19. The van der Waals surface area contributed by atoms with Crippen molar-refractivity contribution in [3.8, 4) is 0 Å². The average molecular weight is 220 g/mol. The molecule has 0 aromatic heterocycles. The minimum Gasteiger partial charge on any atom is -0.457 e. The van der Waals surface area contributed by atoms with Crippen LogP contribution in [0, 0.1) is 0 Å². The van der Waals surface area contributed by atoms with Crippen molar-refractivity contribution in [1.82, 2.24) is 0 Å². The van der Waals surface area contributed by atoms with Gasteiger partial charge in [0.15, 0.2) is 6.10 Å². The van der Waals surface area contributed by atoms with Gasteiger partial charge in [-0.1, -0.05) is 30.3 Å². The number of rotatable bonds is 1. The van der Waals surface area contributed by atoms with E-state index in [-0.39, 0.29) is 24.6 Å². The Morgan fingerprint density at radius 1 is 1.25 bits per heavy atom. The van der Waals surface area contributed by atoms with Crippen LogP contribution in [0.1, 0.15) is 18.1 Å². The predicted octanol–water partition coefficient (Wildman–Crippen LogP) is 0.803. The molecule has 4 unspecified atom stereocenters. The zero-order chi connectivity index (χ0) is 11.1. The van der Waals surface area contributed by atoms with Gasteiger partial charge in [-0.05, 0) is 5.56 Å². The van der Waals surface area contributed by atoms with Gasteiger partial charge in [-0.2, -0.15) is 0 Å². The number of fused-ring (bicyclic) bond motifs is 1. The summed E-state index contributed by atoms with van der Waals surface area (Å²) in [4.78, 5) is 11.0. The maximum absolute atomic E-state index is 11.0. The summed E-state index contributed by atoms with van der Waals surface area (Å²) >= 11 is 0. The minimum atomic E-state index is -0.765. The zero-order valence-corrected chi connectivity index (χ0v) is 8.58. The number of aliphatic hydroxyl groups is 1. The summed E-state index contributed by atoms with van der Waals surface area (Å²) in [5.74, 6) is -0.291. The van der Waals surface area contributed by atoms with Gasteiger partial charge < -0.3 is 14.6 Å². The molecule has 2 aliphatic heterocycles. The number of aliphatic hydroxyl groups excluding tert-OH is 1. The molecule has 0 bridgehead atoms. The van der Waals surface area contributed by atoms with E-state index in [0.717, 1.165) is 5.56 Å². The van der Waals surface area contributed by atoms with Gasteiger partial charge in [0.2, 0.25) is 0 Å². The van der Waals surface area contributed by atoms with E-state index in [9.17, 15) is 9.90 Å². The molecule has 3 rings (SSSR count). The lowest BCUT2D eigenvalue weighted by molar-refractivity contribution is -0.145. The van der Waals surface area contributed by atoms with Crippen molar-refractivity contribution in [1.29, 1.82) is 0 Å². The van der Waals surface area contributed by atoms with Gasteiger partial charge in [-0.15, -0.1) is 0 Å². The van der Waals surface area contributed by atoms with Crippen LogP contribution >= 0.6 is 0 Å². The normalized spacial score (nSPS) is 37.2. The zero-order valence-electron chi connectivity index (χ0n) is 8.58. The number of hydrogen-bond acceptors (Lipinski definition) is 4. The molecule has 2 saturated heterocycles. The van der Waals surface area contributed by atoms with E-state index in [1.54, 1.807) is 0 Å². The SMILES string of the molecule is O=C1CC2OC(c3ccccc3)C(O)C2O1. The molecule has 16 heavy (non-hydrogen) atoms. The maximum atomic E-state index is 11.0. The van der Waals surface area contributed by atoms with E-state index in [0.29, 0.717) is 0 Å². The molecule has 4 nitrogen and oxygen atoms in total. The summed E-state index contributed by atoms with van der Waals surface area (Å²) in [6, 6.07) is 9.50. The third-order valence-corrected chi connectivity index (χ3v) is 3.10. The number of benzene rings is 1. The first-order valence-corrected chi connectivity index (χ1v) is 5.33. The standard InChI is InChI=1S/C12H12O4/c13-9-6-8-12(16-9)10(14)11(15-8)7-4-2-1-3-5-7/h1-5,8,10-12,14H,6H2. The molecule has 1 aromatic rings. The van der Waals surface area contributed by atoms with E-state index >= 15 is 0 Å². The first-order chi connectivity index (χ1) is 7.75. The molecule has 1 N–H and O–H groups in total. The lowest BCUT2D eigenvalue weighted by atomic mass is 10.0. The number of carbonyl (C=O) groups is 1. The van der Waals surface area contributed by atoms with Crippen molar-refractivity contribution >= 4 is 5.97 Å². The lowest BCUT2D eigenvalue weighted by Gasteiger charge is -2.16. The topological polar surface area (TPSA) is 55.8 Å².